The van der Waals surface area contributed by atoms with Crippen LogP contribution in [0.2, 0.25) is 0 Å². The van der Waals surface area contributed by atoms with Gasteiger partial charge in [-0.2, -0.15) is 0 Å². The molecule has 4 heteroatoms. The molecule has 0 saturated carbocycles. The molecule has 0 amide bonds. The van der Waals surface area contributed by atoms with Crippen LogP contribution < -0.4 is 14.4 Å². The van der Waals surface area contributed by atoms with Crippen LogP contribution in [0.5, 0.6) is 11.5 Å². The molecule has 1 N–H and O–H groups in total. The first kappa shape index (κ1) is 41.8. The maximum absolute atomic E-state index is 13.2. The fourth-order valence-electron chi connectivity index (χ4n) is 7.32. The molecule has 0 heterocycles. The molecule has 0 aliphatic carbocycles. The summed E-state index contributed by atoms with van der Waals surface area (Å²) in [4.78, 5) is 13.2. The van der Waals surface area contributed by atoms with Crippen LogP contribution in [0.25, 0.3) is 21.5 Å². The summed E-state index contributed by atoms with van der Waals surface area (Å²) in [6.45, 7) is 40.6. The Morgan fingerprint density at radius 2 is 0.722 bits per heavy atom. The van der Waals surface area contributed by atoms with Crippen LogP contribution in [0.1, 0.15) is 158 Å². The molecule has 0 aliphatic rings. The van der Waals surface area contributed by atoms with E-state index in [4.69, 9.17) is 9.05 Å². The van der Waals surface area contributed by atoms with Crippen molar-refractivity contribution >= 4 is 34.8 Å². The van der Waals surface area contributed by atoms with Gasteiger partial charge in [-0.1, -0.05) is 0 Å². The zero-order valence-electron chi connectivity index (χ0n) is 36.8. The fourth-order valence-corrected chi connectivity index (χ4v) is 9.14. The van der Waals surface area contributed by atoms with Crippen molar-refractivity contribution in [3.8, 4) is 11.5 Å². The standard InChI is InChI=1S/C50H69O3P/c1-45(2,3)34-24-32-26-41(49(13,14)15)43(30-37(32)39(28-34)47(7,8)9)52-54(51,36-22-20-19-21-23-36)53-44-31-38-33(27-42(44)50(16,17)18)25-35(46(4,5)6)29-40(38)48(10,11)12/h19-31,51,54H,1-18H3. The molecule has 0 bridgehead atoms. The predicted molar refractivity (Wildman–Crippen MR) is 238 cm³/mol. The van der Waals surface area contributed by atoms with E-state index in [1.165, 1.54) is 33.0 Å². The Morgan fingerprint density at radius 1 is 0.389 bits per heavy atom. The van der Waals surface area contributed by atoms with Crippen LogP contribution in [-0.4, -0.2) is 4.89 Å². The van der Waals surface area contributed by atoms with Gasteiger partial charge in [0.2, 0.25) is 0 Å². The molecule has 0 aromatic heterocycles. The average molecular weight is 749 g/mol. The minimum absolute atomic E-state index is 0.00857. The second kappa shape index (κ2) is 13.7. The topological polar surface area (TPSA) is 38.7 Å². The Bertz CT molecular complexity index is 2030. The van der Waals surface area contributed by atoms with Crippen molar-refractivity contribution in [2.45, 2.75) is 157 Å². The second-order valence-electron chi connectivity index (χ2n) is 21.8. The Balaban J connectivity index is 1.82. The van der Waals surface area contributed by atoms with E-state index in [0.29, 0.717) is 16.8 Å². The van der Waals surface area contributed by atoms with Gasteiger partial charge in [0.1, 0.15) is 0 Å². The Hall–Kier alpha value is -3.39. The van der Waals surface area contributed by atoms with Crippen molar-refractivity contribution in [1.29, 1.82) is 0 Å². The normalized spacial score (nSPS) is 14.1. The molecule has 0 atom stereocenters. The number of rotatable bonds is 5. The van der Waals surface area contributed by atoms with Gasteiger partial charge in [0, 0.05) is 0 Å². The van der Waals surface area contributed by atoms with Gasteiger partial charge in [0.15, 0.2) is 0 Å². The van der Waals surface area contributed by atoms with E-state index in [-0.39, 0.29) is 32.5 Å². The second-order valence-corrected chi connectivity index (χ2v) is 24.0. The third-order valence-corrected chi connectivity index (χ3v) is 12.8. The molecular formula is C50H69O3P. The first-order chi connectivity index (χ1) is 24.4. The van der Waals surface area contributed by atoms with Crippen LogP contribution in [0, 0.1) is 0 Å². The Kier molecular flexibility index (Phi) is 10.6. The summed E-state index contributed by atoms with van der Waals surface area (Å²) in [5.74, 6) is 1.32. The van der Waals surface area contributed by atoms with E-state index in [9.17, 15) is 4.89 Å². The number of fused-ring (bicyclic) bond motifs is 2. The Morgan fingerprint density at radius 3 is 1.02 bits per heavy atom. The fraction of sp³-hybridized carbons (Fsp3) is 0.480. The summed E-state index contributed by atoms with van der Waals surface area (Å²) in [7, 11) is -4.21. The van der Waals surface area contributed by atoms with Gasteiger partial charge in [-0.3, -0.25) is 0 Å². The molecule has 0 aliphatic heterocycles. The van der Waals surface area contributed by atoms with Gasteiger partial charge in [-0.05, 0) is 0 Å². The third kappa shape index (κ3) is 8.69. The zero-order chi connectivity index (χ0) is 40.6. The van der Waals surface area contributed by atoms with Crippen LogP contribution in [0.15, 0.2) is 78.9 Å². The SMILES string of the molecule is CC(C)(C)c1cc(C(C)(C)C)c2cc(O[PH](O)(Oc3cc4c(C(C)(C)C)cc(C(C)(C)C)cc4cc3C(C)(C)C)c3ccccc3)c(C(C)(C)C)cc2c1. The van der Waals surface area contributed by atoms with Crippen molar-refractivity contribution in [2.24, 2.45) is 0 Å². The van der Waals surface area contributed by atoms with E-state index < -0.39 is 7.94 Å². The predicted octanol–water partition coefficient (Wildman–Crippen LogP) is 14.0. The molecule has 0 fully saturated rings. The molecule has 5 rings (SSSR count). The maximum atomic E-state index is 13.2. The molecular weight excluding hydrogens is 680 g/mol. The van der Waals surface area contributed by atoms with Gasteiger partial charge >= 0.3 is 330 Å². The van der Waals surface area contributed by atoms with E-state index in [0.717, 1.165) is 21.9 Å². The quantitative estimate of drug-likeness (QED) is 0.182. The van der Waals surface area contributed by atoms with Crippen LogP contribution in [0.3, 0.4) is 0 Å². The number of benzene rings is 5. The van der Waals surface area contributed by atoms with Gasteiger partial charge in [0.25, 0.3) is 0 Å². The van der Waals surface area contributed by atoms with E-state index in [1.807, 2.05) is 30.3 Å². The first-order valence-corrected chi connectivity index (χ1v) is 21.6. The van der Waals surface area contributed by atoms with Crippen LogP contribution in [0.4, 0.5) is 0 Å². The van der Waals surface area contributed by atoms with Crippen molar-refractivity contribution in [3.63, 3.8) is 0 Å². The average Bonchev–Trinajstić information content (AvgIpc) is 3.00. The number of hydrogen-bond donors (Lipinski definition) is 1. The van der Waals surface area contributed by atoms with Crippen LogP contribution >= 0.6 is 7.94 Å². The van der Waals surface area contributed by atoms with E-state index >= 15 is 0 Å². The molecule has 5 aromatic carbocycles. The van der Waals surface area contributed by atoms with Crippen molar-refractivity contribution in [2.75, 3.05) is 0 Å². The zero-order valence-corrected chi connectivity index (χ0v) is 37.8. The molecule has 5 aromatic rings. The van der Waals surface area contributed by atoms with Gasteiger partial charge in [0.05, 0.1) is 0 Å². The summed E-state index contributed by atoms with van der Waals surface area (Å²) in [6, 6.07) is 28.1. The summed E-state index contributed by atoms with van der Waals surface area (Å²) >= 11 is 0. The first-order valence-electron chi connectivity index (χ1n) is 19.8. The van der Waals surface area contributed by atoms with Gasteiger partial charge in [-0.25, -0.2) is 0 Å². The van der Waals surface area contributed by atoms with Crippen molar-refractivity contribution < 1.29 is 13.9 Å². The molecule has 0 spiro atoms. The van der Waals surface area contributed by atoms with E-state index in [2.05, 4.69) is 173 Å². The summed E-state index contributed by atoms with van der Waals surface area (Å²) in [6.07, 6.45) is 0. The molecule has 3 nitrogen and oxygen atoms in total. The summed E-state index contributed by atoms with van der Waals surface area (Å²) in [5, 5.41) is 5.29. The van der Waals surface area contributed by atoms with Gasteiger partial charge in [-0.15, -0.1) is 0 Å². The van der Waals surface area contributed by atoms with Gasteiger partial charge < -0.3 is 0 Å². The van der Waals surface area contributed by atoms with Crippen molar-refractivity contribution in [3.05, 3.63) is 112 Å². The van der Waals surface area contributed by atoms with Crippen LogP contribution in [-0.2, 0) is 32.5 Å². The molecule has 0 radical (unpaired) electrons. The molecule has 54 heavy (non-hydrogen) atoms. The summed E-state index contributed by atoms with van der Waals surface area (Å²) < 4.78 is 14.3. The third-order valence-electron chi connectivity index (χ3n) is 10.7. The Labute approximate surface area is 328 Å². The molecule has 292 valence electrons. The minimum atomic E-state index is -4.21. The molecule has 0 unspecified atom stereocenters. The van der Waals surface area contributed by atoms with Crippen molar-refractivity contribution in [1.82, 2.24) is 0 Å². The summed E-state index contributed by atoms with van der Waals surface area (Å²) in [5.41, 5.74) is 6.39. The number of hydrogen-bond acceptors (Lipinski definition) is 3. The van der Waals surface area contributed by atoms with E-state index in [1.54, 1.807) is 0 Å². The molecule has 0 saturated heterocycles. The monoisotopic (exact) mass is 748 g/mol.